The SMILES string of the molecule is CC(C)(C)C(=O)N1CCCC(C(=O)Nc2cccc(C(F)(F)F)c2)C1. The van der Waals surface area contributed by atoms with E-state index in [0.717, 1.165) is 12.1 Å². The Bertz CT molecular complexity index is 650. The van der Waals surface area contributed by atoms with E-state index < -0.39 is 23.1 Å². The minimum atomic E-state index is -4.46. The van der Waals surface area contributed by atoms with E-state index in [9.17, 15) is 22.8 Å². The first-order valence-electron chi connectivity index (χ1n) is 8.26. The Morgan fingerprint density at radius 3 is 2.48 bits per heavy atom. The van der Waals surface area contributed by atoms with Crippen LogP contribution in [0.1, 0.15) is 39.2 Å². The number of carbonyl (C=O) groups is 2. The number of nitrogens with one attached hydrogen (secondary N) is 1. The third-order valence-electron chi connectivity index (χ3n) is 4.18. The van der Waals surface area contributed by atoms with Crippen LogP contribution in [0.2, 0.25) is 0 Å². The van der Waals surface area contributed by atoms with E-state index in [2.05, 4.69) is 5.32 Å². The van der Waals surface area contributed by atoms with Crippen molar-refractivity contribution in [3.05, 3.63) is 29.8 Å². The lowest BCUT2D eigenvalue weighted by molar-refractivity contribution is -0.142. The number of halogens is 3. The van der Waals surface area contributed by atoms with Crippen LogP contribution < -0.4 is 5.32 Å². The standard InChI is InChI=1S/C18H23F3N2O2/c1-17(2,3)16(25)23-9-5-6-12(11-23)15(24)22-14-8-4-7-13(10-14)18(19,20)21/h4,7-8,10,12H,5-6,9,11H2,1-3H3,(H,22,24). The average Bonchev–Trinajstić information content (AvgIpc) is 2.53. The molecule has 1 aromatic rings. The predicted octanol–water partition coefficient (Wildman–Crippen LogP) is 3.93. The van der Waals surface area contributed by atoms with Crippen LogP contribution in [0.25, 0.3) is 0 Å². The Labute approximate surface area is 145 Å². The van der Waals surface area contributed by atoms with Gasteiger partial charge in [-0.25, -0.2) is 0 Å². The molecular weight excluding hydrogens is 333 g/mol. The summed E-state index contributed by atoms with van der Waals surface area (Å²) in [6.45, 7) is 6.36. The second kappa shape index (κ2) is 7.06. The van der Waals surface area contributed by atoms with E-state index >= 15 is 0 Å². The van der Waals surface area contributed by atoms with Gasteiger partial charge in [0.25, 0.3) is 0 Å². The van der Waals surface area contributed by atoms with Crippen LogP contribution in [0.3, 0.4) is 0 Å². The van der Waals surface area contributed by atoms with Crippen molar-refractivity contribution >= 4 is 17.5 Å². The quantitative estimate of drug-likeness (QED) is 0.873. The van der Waals surface area contributed by atoms with Gasteiger partial charge in [0, 0.05) is 24.2 Å². The maximum Gasteiger partial charge on any atom is 0.416 e. The zero-order chi connectivity index (χ0) is 18.8. The van der Waals surface area contributed by atoms with Crippen molar-refractivity contribution in [2.24, 2.45) is 11.3 Å². The number of nitrogens with zero attached hydrogens (tertiary/aromatic N) is 1. The first-order valence-corrected chi connectivity index (χ1v) is 8.26. The number of amides is 2. The van der Waals surface area contributed by atoms with E-state index in [1.807, 2.05) is 20.8 Å². The second-order valence-electron chi connectivity index (χ2n) is 7.41. The van der Waals surface area contributed by atoms with Crippen LogP contribution >= 0.6 is 0 Å². The molecule has 1 aliphatic heterocycles. The molecule has 2 amide bonds. The molecule has 0 radical (unpaired) electrons. The van der Waals surface area contributed by atoms with Crippen LogP contribution in [-0.2, 0) is 15.8 Å². The van der Waals surface area contributed by atoms with Crippen LogP contribution in [-0.4, -0.2) is 29.8 Å². The van der Waals surface area contributed by atoms with Gasteiger partial charge >= 0.3 is 6.18 Å². The molecule has 25 heavy (non-hydrogen) atoms. The van der Waals surface area contributed by atoms with Gasteiger partial charge in [0.2, 0.25) is 11.8 Å². The van der Waals surface area contributed by atoms with E-state index in [-0.39, 0.29) is 17.5 Å². The zero-order valence-corrected chi connectivity index (χ0v) is 14.6. The summed E-state index contributed by atoms with van der Waals surface area (Å²) in [7, 11) is 0. The molecule has 7 heteroatoms. The van der Waals surface area contributed by atoms with Crippen LogP contribution in [0.4, 0.5) is 18.9 Å². The molecular formula is C18H23F3N2O2. The molecule has 1 saturated heterocycles. The molecule has 1 fully saturated rings. The Morgan fingerprint density at radius 1 is 1.20 bits per heavy atom. The maximum atomic E-state index is 12.8. The fourth-order valence-corrected chi connectivity index (χ4v) is 2.87. The highest BCUT2D eigenvalue weighted by molar-refractivity contribution is 5.93. The number of likely N-dealkylation sites (tertiary alicyclic amines) is 1. The number of hydrogen-bond donors (Lipinski definition) is 1. The molecule has 0 saturated carbocycles. The summed E-state index contributed by atoms with van der Waals surface area (Å²) in [6, 6.07) is 4.56. The van der Waals surface area contributed by atoms with Crippen molar-refractivity contribution < 1.29 is 22.8 Å². The second-order valence-corrected chi connectivity index (χ2v) is 7.41. The van der Waals surface area contributed by atoms with Gasteiger partial charge in [0.15, 0.2) is 0 Å². The smallest absolute Gasteiger partial charge is 0.341 e. The maximum absolute atomic E-state index is 12.8. The van der Waals surface area contributed by atoms with Crippen LogP contribution in [0.5, 0.6) is 0 Å². The van der Waals surface area contributed by atoms with Gasteiger partial charge in [-0.15, -0.1) is 0 Å². The van der Waals surface area contributed by atoms with Gasteiger partial charge in [-0.2, -0.15) is 13.2 Å². The van der Waals surface area contributed by atoms with Gasteiger partial charge < -0.3 is 10.2 Å². The molecule has 138 valence electrons. The van der Waals surface area contributed by atoms with Gasteiger partial charge in [-0.3, -0.25) is 9.59 Å². The molecule has 1 aliphatic rings. The first-order chi connectivity index (χ1) is 11.5. The molecule has 1 unspecified atom stereocenters. The lowest BCUT2D eigenvalue weighted by Gasteiger charge is -2.35. The lowest BCUT2D eigenvalue weighted by atomic mass is 9.91. The normalized spacial score (nSPS) is 18.8. The number of benzene rings is 1. The molecule has 4 nitrogen and oxygen atoms in total. The van der Waals surface area contributed by atoms with Crippen molar-refractivity contribution in [3.8, 4) is 0 Å². The van der Waals surface area contributed by atoms with Crippen molar-refractivity contribution in [1.29, 1.82) is 0 Å². The van der Waals surface area contributed by atoms with Gasteiger partial charge in [-0.1, -0.05) is 26.8 Å². The number of hydrogen-bond acceptors (Lipinski definition) is 2. The molecule has 0 bridgehead atoms. The molecule has 1 heterocycles. The predicted molar refractivity (Wildman–Crippen MR) is 88.8 cm³/mol. The monoisotopic (exact) mass is 356 g/mol. The number of rotatable bonds is 2. The Hall–Kier alpha value is -2.05. The minimum Gasteiger partial charge on any atom is -0.341 e. The van der Waals surface area contributed by atoms with Crippen molar-refractivity contribution in [2.45, 2.75) is 39.8 Å². The van der Waals surface area contributed by atoms with Gasteiger partial charge in [0.05, 0.1) is 11.5 Å². The summed E-state index contributed by atoms with van der Waals surface area (Å²) in [6.07, 6.45) is -3.15. The average molecular weight is 356 g/mol. The molecule has 1 N–H and O–H groups in total. The van der Waals surface area contributed by atoms with Crippen molar-refractivity contribution in [2.75, 3.05) is 18.4 Å². The molecule has 0 aliphatic carbocycles. The van der Waals surface area contributed by atoms with E-state index in [4.69, 9.17) is 0 Å². The lowest BCUT2D eigenvalue weighted by Crippen LogP contribution is -2.47. The van der Waals surface area contributed by atoms with Crippen molar-refractivity contribution in [3.63, 3.8) is 0 Å². The highest BCUT2D eigenvalue weighted by atomic mass is 19.4. The van der Waals surface area contributed by atoms with Gasteiger partial charge in [-0.05, 0) is 31.0 Å². The van der Waals surface area contributed by atoms with Crippen LogP contribution in [0.15, 0.2) is 24.3 Å². The Morgan fingerprint density at radius 2 is 1.88 bits per heavy atom. The van der Waals surface area contributed by atoms with E-state index in [0.29, 0.717) is 25.9 Å². The summed E-state index contributed by atoms with van der Waals surface area (Å²) >= 11 is 0. The molecule has 0 aromatic heterocycles. The summed E-state index contributed by atoms with van der Waals surface area (Å²) in [5.74, 6) is -0.801. The highest BCUT2D eigenvalue weighted by Crippen LogP contribution is 2.31. The molecule has 1 atom stereocenters. The fourth-order valence-electron chi connectivity index (χ4n) is 2.87. The van der Waals surface area contributed by atoms with E-state index in [1.165, 1.54) is 12.1 Å². The number of anilines is 1. The third kappa shape index (κ3) is 4.96. The Balaban J connectivity index is 2.05. The molecule has 0 spiro atoms. The number of piperidine rings is 1. The molecule has 1 aromatic carbocycles. The largest absolute Gasteiger partial charge is 0.416 e. The van der Waals surface area contributed by atoms with E-state index in [1.54, 1.807) is 4.90 Å². The summed E-state index contributed by atoms with van der Waals surface area (Å²) in [5.41, 5.74) is -1.23. The first kappa shape index (κ1) is 19.3. The summed E-state index contributed by atoms with van der Waals surface area (Å²) in [4.78, 5) is 26.5. The van der Waals surface area contributed by atoms with Crippen LogP contribution in [0, 0.1) is 11.3 Å². The summed E-state index contributed by atoms with van der Waals surface area (Å²) < 4.78 is 38.3. The number of alkyl halides is 3. The minimum absolute atomic E-state index is 0.0240. The fraction of sp³-hybridized carbons (Fsp3) is 0.556. The van der Waals surface area contributed by atoms with Crippen molar-refractivity contribution in [1.82, 2.24) is 4.90 Å². The summed E-state index contributed by atoms with van der Waals surface area (Å²) in [5, 5.41) is 2.55. The topological polar surface area (TPSA) is 49.4 Å². The molecule has 2 rings (SSSR count). The third-order valence-corrected chi connectivity index (χ3v) is 4.18. The highest BCUT2D eigenvalue weighted by Gasteiger charge is 2.34. The number of carbonyl (C=O) groups excluding carboxylic acids is 2. The zero-order valence-electron chi connectivity index (χ0n) is 14.6. The Kier molecular flexibility index (Phi) is 5.44. The van der Waals surface area contributed by atoms with Gasteiger partial charge in [0.1, 0.15) is 0 Å².